The molecule has 5 rings (SSSR count). The van der Waals surface area contributed by atoms with Crippen molar-refractivity contribution in [2.45, 2.75) is 58.2 Å². The van der Waals surface area contributed by atoms with Crippen LogP contribution in [-0.4, -0.2) is 29.7 Å². The molecule has 33 heavy (non-hydrogen) atoms. The van der Waals surface area contributed by atoms with E-state index in [-0.39, 0.29) is 12.0 Å². The maximum atomic E-state index is 12.6. The number of nitrogens with one attached hydrogen (secondary N) is 1. The number of amides is 1. The number of benzene rings is 2. The van der Waals surface area contributed by atoms with E-state index in [0.717, 1.165) is 47.7 Å². The molecule has 5 nitrogen and oxygen atoms in total. The van der Waals surface area contributed by atoms with E-state index < -0.39 is 0 Å². The summed E-state index contributed by atoms with van der Waals surface area (Å²) in [4.78, 5) is 12.6. The molecule has 172 valence electrons. The number of nitrogens with zero attached hydrogens (tertiary/aromatic N) is 1. The monoisotopic (exact) mass is 444 g/mol. The van der Waals surface area contributed by atoms with Crippen LogP contribution in [0, 0.1) is 0 Å². The second kappa shape index (κ2) is 9.44. The summed E-state index contributed by atoms with van der Waals surface area (Å²) in [5.41, 5.74) is 7.00. The molecule has 3 aromatic rings. The lowest BCUT2D eigenvalue weighted by atomic mass is 10.0. The molecule has 0 radical (unpaired) electrons. The highest BCUT2D eigenvalue weighted by molar-refractivity contribution is 5.77. The van der Waals surface area contributed by atoms with Gasteiger partial charge < -0.3 is 19.4 Å². The van der Waals surface area contributed by atoms with Gasteiger partial charge in [-0.2, -0.15) is 0 Å². The molecular weight excluding hydrogens is 412 g/mol. The average Bonchev–Trinajstić information content (AvgIpc) is 3.49. The molecule has 2 aromatic carbocycles. The number of para-hydroxylation sites is 1. The van der Waals surface area contributed by atoms with Crippen molar-refractivity contribution >= 4 is 5.91 Å². The Morgan fingerprint density at radius 3 is 2.73 bits per heavy atom. The fourth-order valence-corrected chi connectivity index (χ4v) is 4.82. The van der Waals surface area contributed by atoms with Gasteiger partial charge in [-0.15, -0.1) is 0 Å². The van der Waals surface area contributed by atoms with Gasteiger partial charge in [0, 0.05) is 42.1 Å². The van der Waals surface area contributed by atoms with Crippen LogP contribution in [0.25, 0.3) is 16.9 Å². The van der Waals surface area contributed by atoms with E-state index in [2.05, 4.69) is 66.2 Å². The van der Waals surface area contributed by atoms with Gasteiger partial charge in [0.25, 0.3) is 0 Å². The molecule has 0 aliphatic carbocycles. The van der Waals surface area contributed by atoms with Crippen LogP contribution in [-0.2, 0) is 22.6 Å². The lowest BCUT2D eigenvalue weighted by Gasteiger charge is -2.21. The zero-order chi connectivity index (χ0) is 22.8. The summed E-state index contributed by atoms with van der Waals surface area (Å²) in [6.45, 7) is 6.37. The maximum absolute atomic E-state index is 12.6. The number of ether oxygens (including phenoxy) is 2. The van der Waals surface area contributed by atoms with Gasteiger partial charge in [-0.1, -0.05) is 38.1 Å². The zero-order valence-corrected chi connectivity index (χ0v) is 19.5. The first kappa shape index (κ1) is 21.8. The molecule has 0 spiro atoms. The van der Waals surface area contributed by atoms with Crippen LogP contribution < -0.4 is 10.1 Å². The van der Waals surface area contributed by atoms with Gasteiger partial charge >= 0.3 is 0 Å². The molecule has 3 heterocycles. The summed E-state index contributed by atoms with van der Waals surface area (Å²) < 4.78 is 14.0. The molecule has 2 aliphatic rings. The van der Waals surface area contributed by atoms with Crippen LogP contribution in [0.3, 0.4) is 0 Å². The number of fused-ring (bicyclic) bond motifs is 3. The summed E-state index contributed by atoms with van der Waals surface area (Å²) in [5.74, 6) is 1.46. The Labute approximate surface area is 195 Å². The maximum Gasteiger partial charge on any atom is 0.220 e. The first-order valence-corrected chi connectivity index (χ1v) is 12.0. The minimum absolute atomic E-state index is 0.0722. The number of aryl methyl sites for hydroxylation is 1. The number of aromatic nitrogens is 1. The number of hydrogen-bond acceptors (Lipinski definition) is 3. The summed E-state index contributed by atoms with van der Waals surface area (Å²) in [6.07, 6.45) is 3.39. The van der Waals surface area contributed by atoms with Gasteiger partial charge in [-0.3, -0.25) is 4.79 Å². The molecule has 1 fully saturated rings. The van der Waals surface area contributed by atoms with E-state index in [1.54, 1.807) is 0 Å². The topological polar surface area (TPSA) is 52.5 Å². The Bertz CT molecular complexity index is 1120. The summed E-state index contributed by atoms with van der Waals surface area (Å²) in [7, 11) is 0. The molecule has 2 aliphatic heterocycles. The number of carbonyl (C=O) groups is 1. The Morgan fingerprint density at radius 1 is 1.15 bits per heavy atom. The number of rotatable bonds is 7. The van der Waals surface area contributed by atoms with E-state index in [0.29, 0.717) is 31.9 Å². The van der Waals surface area contributed by atoms with Gasteiger partial charge in [0.2, 0.25) is 5.91 Å². The highest BCUT2D eigenvalue weighted by Crippen LogP contribution is 2.41. The van der Waals surface area contributed by atoms with Crippen molar-refractivity contribution in [1.29, 1.82) is 0 Å². The summed E-state index contributed by atoms with van der Waals surface area (Å²) >= 11 is 0. The van der Waals surface area contributed by atoms with E-state index in [1.807, 2.05) is 12.1 Å². The molecule has 1 amide bonds. The third kappa shape index (κ3) is 4.55. The fraction of sp³-hybridized carbons (Fsp3) is 0.393. The molecule has 1 aromatic heterocycles. The molecule has 1 unspecified atom stereocenters. The van der Waals surface area contributed by atoms with Crippen LogP contribution in [0.15, 0.2) is 54.6 Å². The lowest BCUT2D eigenvalue weighted by Crippen LogP contribution is -2.31. The van der Waals surface area contributed by atoms with Gasteiger partial charge in [0.1, 0.15) is 12.4 Å². The second-order valence-corrected chi connectivity index (χ2v) is 9.32. The van der Waals surface area contributed by atoms with E-state index in [1.165, 1.54) is 11.3 Å². The number of carbonyl (C=O) groups excluding carboxylic acids is 1. The largest absolute Gasteiger partial charge is 0.488 e. The van der Waals surface area contributed by atoms with Crippen molar-refractivity contribution in [3.05, 3.63) is 71.4 Å². The predicted octanol–water partition coefficient (Wildman–Crippen LogP) is 5.39. The van der Waals surface area contributed by atoms with Crippen LogP contribution in [0.2, 0.25) is 0 Å². The molecule has 1 atom stereocenters. The summed E-state index contributed by atoms with van der Waals surface area (Å²) in [5, 5.41) is 3.05. The Balaban J connectivity index is 1.44. The third-order valence-electron chi connectivity index (χ3n) is 6.66. The van der Waals surface area contributed by atoms with Crippen molar-refractivity contribution in [2.24, 2.45) is 0 Å². The lowest BCUT2D eigenvalue weighted by molar-refractivity contribution is -0.121. The van der Waals surface area contributed by atoms with Crippen molar-refractivity contribution in [3.8, 4) is 22.7 Å². The normalized spacial score (nSPS) is 16.9. The smallest absolute Gasteiger partial charge is 0.220 e. The van der Waals surface area contributed by atoms with E-state index in [9.17, 15) is 4.79 Å². The van der Waals surface area contributed by atoms with Crippen LogP contribution in [0.5, 0.6) is 5.75 Å². The van der Waals surface area contributed by atoms with Crippen LogP contribution in [0.4, 0.5) is 0 Å². The summed E-state index contributed by atoms with van der Waals surface area (Å²) in [6, 6.07) is 19.2. The van der Waals surface area contributed by atoms with Crippen LogP contribution in [0.1, 0.15) is 55.8 Å². The molecule has 1 N–H and O–H groups in total. The average molecular weight is 445 g/mol. The van der Waals surface area contributed by atoms with Gasteiger partial charge in [-0.05, 0) is 61.1 Å². The van der Waals surface area contributed by atoms with Crippen LogP contribution >= 0.6 is 0 Å². The molecule has 0 saturated carbocycles. The predicted molar refractivity (Wildman–Crippen MR) is 130 cm³/mol. The highest BCUT2D eigenvalue weighted by Gasteiger charge is 2.25. The second-order valence-electron chi connectivity index (χ2n) is 9.32. The standard InChI is InChI=1S/C28H32N2O3/c1-19(2)20-9-11-22(12-10-20)30-23(13-14-27(31)29-17-24-6-5-15-32-24)16-21-18-33-26-8-4-3-7-25(26)28(21)30/h3-4,7-12,16,19,24H,5-6,13-15,17-18H2,1-2H3,(H,29,31). The quantitative estimate of drug-likeness (QED) is 0.532. The minimum Gasteiger partial charge on any atom is -0.488 e. The van der Waals surface area contributed by atoms with Gasteiger partial charge in [-0.25, -0.2) is 0 Å². The van der Waals surface area contributed by atoms with Crippen molar-refractivity contribution in [1.82, 2.24) is 9.88 Å². The molecule has 5 heteroatoms. The number of hydrogen-bond donors (Lipinski definition) is 1. The minimum atomic E-state index is 0.0722. The van der Waals surface area contributed by atoms with Gasteiger partial charge in [0.05, 0.1) is 11.8 Å². The van der Waals surface area contributed by atoms with Crippen molar-refractivity contribution in [3.63, 3.8) is 0 Å². The third-order valence-corrected chi connectivity index (χ3v) is 6.66. The van der Waals surface area contributed by atoms with Crippen molar-refractivity contribution in [2.75, 3.05) is 13.2 Å². The van der Waals surface area contributed by atoms with E-state index >= 15 is 0 Å². The zero-order valence-electron chi connectivity index (χ0n) is 19.5. The molecule has 1 saturated heterocycles. The first-order chi connectivity index (χ1) is 16.1. The van der Waals surface area contributed by atoms with Gasteiger partial charge in [0.15, 0.2) is 0 Å². The highest BCUT2D eigenvalue weighted by atomic mass is 16.5. The Hall–Kier alpha value is -3.05. The van der Waals surface area contributed by atoms with E-state index in [4.69, 9.17) is 9.47 Å². The Morgan fingerprint density at radius 2 is 1.97 bits per heavy atom. The fourth-order valence-electron chi connectivity index (χ4n) is 4.82. The van der Waals surface area contributed by atoms with Crippen molar-refractivity contribution < 1.29 is 14.3 Å². The molecule has 0 bridgehead atoms. The Kier molecular flexibility index (Phi) is 6.23. The molecular formula is C28H32N2O3. The first-order valence-electron chi connectivity index (χ1n) is 12.0. The SMILES string of the molecule is CC(C)c1ccc(-n2c(CCC(=O)NCC3CCCO3)cc3c2-c2ccccc2OC3)cc1.